The summed E-state index contributed by atoms with van der Waals surface area (Å²) in [6.07, 6.45) is 0.645. The van der Waals surface area contributed by atoms with Crippen molar-refractivity contribution in [1.29, 1.82) is 0 Å². The van der Waals surface area contributed by atoms with Gasteiger partial charge in [-0.3, -0.25) is 0 Å². The molecule has 0 bridgehead atoms. The van der Waals surface area contributed by atoms with Gasteiger partial charge in [0, 0.05) is 17.5 Å². The third-order valence-corrected chi connectivity index (χ3v) is 5.59. The van der Waals surface area contributed by atoms with Gasteiger partial charge >= 0.3 is 0 Å². The van der Waals surface area contributed by atoms with E-state index in [0.29, 0.717) is 13.0 Å². The summed E-state index contributed by atoms with van der Waals surface area (Å²) < 4.78 is 26.1. The Labute approximate surface area is 114 Å². The van der Waals surface area contributed by atoms with Gasteiger partial charge in [0.25, 0.3) is 0 Å². The Kier molecular flexibility index (Phi) is 6.28. The fourth-order valence-electron chi connectivity index (χ4n) is 1.71. The van der Waals surface area contributed by atoms with E-state index >= 15 is 0 Å². The molecule has 1 aromatic heterocycles. The van der Waals surface area contributed by atoms with Crippen molar-refractivity contribution in [2.45, 2.75) is 32.9 Å². The maximum atomic E-state index is 12.3. The first-order chi connectivity index (χ1) is 8.47. The molecule has 1 N–H and O–H groups in total. The highest BCUT2D eigenvalue weighted by Crippen LogP contribution is 2.17. The van der Waals surface area contributed by atoms with E-state index < -0.39 is 10.0 Å². The van der Waals surface area contributed by atoms with E-state index in [1.54, 1.807) is 15.6 Å². The molecule has 0 saturated carbocycles. The van der Waals surface area contributed by atoms with Gasteiger partial charge in [-0.25, -0.2) is 8.42 Å². The number of hydrogen-bond donors (Lipinski definition) is 1. The molecule has 1 rings (SSSR count). The van der Waals surface area contributed by atoms with E-state index in [4.69, 9.17) is 0 Å². The van der Waals surface area contributed by atoms with Crippen LogP contribution in [0.1, 0.15) is 25.1 Å². The molecule has 0 fully saturated rings. The minimum Gasteiger partial charge on any atom is -0.320 e. The molecular formula is C12H22N2O2S2. The summed E-state index contributed by atoms with van der Waals surface area (Å²) in [6, 6.07) is 3.92. The lowest BCUT2D eigenvalue weighted by molar-refractivity contribution is 0.350. The maximum Gasteiger partial charge on any atom is 0.214 e. The molecule has 6 heteroatoms. The molecule has 104 valence electrons. The second-order valence-electron chi connectivity index (χ2n) is 4.49. The van der Waals surface area contributed by atoms with Gasteiger partial charge in [0.05, 0.1) is 5.75 Å². The third-order valence-electron chi connectivity index (χ3n) is 2.65. The summed E-state index contributed by atoms with van der Waals surface area (Å²) >= 11 is 1.59. The van der Waals surface area contributed by atoms with Crippen LogP contribution in [-0.4, -0.2) is 38.1 Å². The predicted octanol–water partition coefficient (Wildman–Crippen LogP) is 1.90. The van der Waals surface area contributed by atoms with E-state index in [1.807, 2.05) is 38.4 Å². The van der Waals surface area contributed by atoms with Crippen molar-refractivity contribution in [2.75, 3.05) is 19.3 Å². The molecule has 0 aromatic carbocycles. The van der Waals surface area contributed by atoms with Gasteiger partial charge in [0.1, 0.15) is 0 Å². The fraction of sp³-hybridized carbons (Fsp3) is 0.667. The van der Waals surface area contributed by atoms with Crippen LogP contribution in [0, 0.1) is 0 Å². The van der Waals surface area contributed by atoms with E-state index in [-0.39, 0.29) is 11.8 Å². The minimum atomic E-state index is -3.17. The van der Waals surface area contributed by atoms with Crippen molar-refractivity contribution >= 4 is 21.4 Å². The van der Waals surface area contributed by atoms with Crippen LogP contribution >= 0.6 is 11.3 Å². The van der Waals surface area contributed by atoms with Crippen LogP contribution in [0.25, 0.3) is 0 Å². The third kappa shape index (κ3) is 4.68. The largest absolute Gasteiger partial charge is 0.320 e. The van der Waals surface area contributed by atoms with E-state index in [9.17, 15) is 8.42 Å². The molecular weight excluding hydrogens is 268 g/mol. The molecule has 0 aliphatic heterocycles. The molecule has 0 spiro atoms. The summed E-state index contributed by atoms with van der Waals surface area (Å²) in [5, 5.41) is 4.95. The van der Waals surface area contributed by atoms with Crippen LogP contribution < -0.4 is 5.32 Å². The summed E-state index contributed by atoms with van der Waals surface area (Å²) in [5.41, 5.74) is 0. The monoisotopic (exact) mass is 290 g/mol. The van der Waals surface area contributed by atoms with Gasteiger partial charge in [0.2, 0.25) is 10.0 Å². The first kappa shape index (κ1) is 15.6. The number of rotatable bonds is 8. The summed E-state index contributed by atoms with van der Waals surface area (Å²) in [7, 11) is -1.34. The van der Waals surface area contributed by atoms with Gasteiger partial charge in [-0.05, 0) is 45.3 Å². The summed E-state index contributed by atoms with van der Waals surface area (Å²) in [5.74, 6) is 0.206. The quantitative estimate of drug-likeness (QED) is 0.744. The molecule has 1 heterocycles. The molecule has 0 unspecified atom stereocenters. The van der Waals surface area contributed by atoms with Gasteiger partial charge < -0.3 is 5.32 Å². The lowest BCUT2D eigenvalue weighted by atomic mass is 10.4. The Morgan fingerprint density at radius 3 is 2.67 bits per heavy atom. The highest BCUT2D eigenvalue weighted by Gasteiger charge is 2.24. The average molecular weight is 290 g/mol. The van der Waals surface area contributed by atoms with Crippen LogP contribution in [0.3, 0.4) is 0 Å². The number of hydrogen-bond acceptors (Lipinski definition) is 4. The summed E-state index contributed by atoms with van der Waals surface area (Å²) in [4.78, 5) is 1.08. The van der Waals surface area contributed by atoms with Crippen LogP contribution in [0.4, 0.5) is 0 Å². The number of nitrogens with one attached hydrogen (secondary N) is 1. The minimum absolute atomic E-state index is 0.00770. The highest BCUT2D eigenvalue weighted by atomic mass is 32.2. The van der Waals surface area contributed by atoms with Gasteiger partial charge in [-0.1, -0.05) is 6.07 Å². The molecule has 18 heavy (non-hydrogen) atoms. The molecule has 0 saturated heterocycles. The Morgan fingerprint density at radius 1 is 1.44 bits per heavy atom. The van der Waals surface area contributed by atoms with Crippen LogP contribution in [-0.2, 0) is 16.6 Å². The number of nitrogens with zero attached hydrogens (tertiary/aromatic N) is 1. The second-order valence-corrected chi connectivity index (χ2v) is 7.56. The fourth-order valence-corrected chi connectivity index (χ4v) is 4.21. The van der Waals surface area contributed by atoms with Crippen molar-refractivity contribution in [2.24, 2.45) is 0 Å². The maximum absolute atomic E-state index is 12.3. The highest BCUT2D eigenvalue weighted by molar-refractivity contribution is 7.89. The topological polar surface area (TPSA) is 49.4 Å². The molecule has 0 amide bonds. The lowest BCUT2D eigenvalue weighted by Crippen LogP contribution is -2.38. The van der Waals surface area contributed by atoms with Crippen LogP contribution in [0.2, 0.25) is 0 Å². The molecule has 0 aliphatic carbocycles. The molecule has 1 aromatic rings. The number of thiophene rings is 1. The van der Waals surface area contributed by atoms with Gasteiger partial charge in [0.15, 0.2) is 0 Å². The van der Waals surface area contributed by atoms with Crippen molar-refractivity contribution in [3.8, 4) is 0 Å². The Balaban J connectivity index is 2.71. The van der Waals surface area contributed by atoms with E-state index in [0.717, 1.165) is 11.4 Å². The molecule has 0 aliphatic rings. The van der Waals surface area contributed by atoms with Crippen LogP contribution in [0.5, 0.6) is 0 Å². The average Bonchev–Trinajstić information content (AvgIpc) is 2.78. The standard InChI is InChI=1S/C12H22N2O2S2/c1-11(2)14(10-12-6-4-8-17-12)18(15,16)9-5-7-13-3/h4,6,8,11,13H,5,7,9-10H2,1-3H3. The molecule has 0 atom stereocenters. The Morgan fingerprint density at radius 2 is 2.17 bits per heavy atom. The van der Waals surface area contributed by atoms with Crippen molar-refractivity contribution in [1.82, 2.24) is 9.62 Å². The zero-order valence-electron chi connectivity index (χ0n) is 11.2. The lowest BCUT2D eigenvalue weighted by Gasteiger charge is -2.25. The second kappa shape index (κ2) is 7.23. The Bertz CT molecular complexity index is 427. The van der Waals surface area contributed by atoms with Crippen molar-refractivity contribution in [3.05, 3.63) is 22.4 Å². The number of sulfonamides is 1. The predicted molar refractivity (Wildman–Crippen MR) is 77.3 cm³/mol. The molecule has 4 nitrogen and oxygen atoms in total. The first-order valence-electron chi connectivity index (χ1n) is 6.14. The van der Waals surface area contributed by atoms with Gasteiger partial charge in [-0.15, -0.1) is 11.3 Å². The summed E-state index contributed by atoms with van der Waals surface area (Å²) in [6.45, 7) is 5.05. The smallest absolute Gasteiger partial charge is 0.214 e. The van der Waals surface area contributed by atoms with E-state index in [1.165, 1.54) is 0 Å². The molecule has 0 radical (unpaired) electrons. The zero-order valence-corrected chi connectivity index (χ0v) is 12.9. The van der Waals surface area contributed by atoms with Gasteiger partial charge in [-0.2, -0.15) is 4.31 Å². The SMILES string of the molecule is CNCCCS(=O)(=O)N(Cc1cccs1)C(C)C. The first-order valence-corrected chi connectivity index (χ1v) is 8.62. The normalized spacial score (nSPS) is 12.5. The zero-order chi connectivity index (χ0) is 13.6. The van der Waals surface area contributed by atoms with Crippen LogP contribution in [0.15, 0.2) is 17.5 Å². The van der Waals surface area contributed by atoms with Crippen molar-refractivity contribution < 1.29 is 8.42 Å². The van der Waals surface area contributed by atoms with E-state index in [2.05, 4.69) is 5.32 Å². The Hall–Kier alpha value is -0.430. The van der Waals surface area contributed by atoms with Crippen molar-refractivity contribution in [3.63, 3.8) is 0 Å².